The molecule has 1 aromatic rings. The van der Waals surface area contributed by atoms with Gasteiger partial charge in [-0.1, -0.05) is 19.3 Å². The normalized spacial score (nSPS) is 22.6. The van der Waals surface area contributed by atoms with E-state index in [2.05, 4.69) is 5.32 Å². The Kier molecular flexibility index (Phi) is 5.14. The Morgan fingerprint density at radius 2 is 1.95 bits per heavy atom. The molecular formula is C16H20N2O2. The Balaban J connectivity index is 2.03. The molecule has 1 aliphatic rings. The number of hydrogen-bond acceptors (Lipinski definition) is 3. The van der Waals surface area contributed by atoms with Gasteiger partial charge in [-0.15, -0.1) is 0 Å². The molecule has 2 unspecified atom stereocenters. The molecule has 0 radical (unpaired) electrons. The van der Waals surface area contributed by atoms with Crippen LogP contribution in [0.4, 0.5) is 0 Å². The van der Waals surface area contributed by atoms with Gasteiger partial charge in [0.15, 0.2) is 0 Å². The van der Waals surface area contributed by atoms with Crippen LogP contribution in [0.1, 0.15) is 48.0 Å². The number of nitrogens with one attached hydrogen (secondary N) is 1. The van der Waals surface area contributed by atoms with Gasteiger partial charge in [-0.25, -0.2) is 0 Å². The van der Waals surface area contributed by atoms with Crippen LogP contribution in [-0.2, 0) is 0 Å². The molecule has 2 N–H and O–H groups in total. The van der Waals surface area contributed by atoms with Crippen molar-refractivity contribution < 1.29 is 9.90 Å². The van der Waals surface area contributed by atoms with Gasteiger partial charge in [-0.05, 0) is 37.1 Å². The molecule has 106 valence electrons. The summed E-state index contributed by atoms with van der Waals surface area (Å²) >= 11 is 0. The van der Waals surface area contributed by atoms with Crippen molar-refractivity contribution in [1.82, 2.24) is 5.32 Å². The fraction of sp³-hybridized carbons (Fsp3) is 0.500. The van der Waals surface area contributed by atoms with Crippen molar-refractivity contribution in [3.8, 4) is 6.07 Å². The Morgan fingerprint density at radius 3 is 2.60 bits per heavy atom. The standard InChI is InChI=1S/C16H20N2O2/c17-10-12-6-8-13(9-7-12)16(20)18-15-5-3-1-2-4-14(15)11-19/h6-9,14-15,19H,1-5,11H2,(H,18,20). The molecule has 2 rings (SSSR count). The van der Waals surface area contributed by atoms with Gasteiger partial charge >= 0.3 is 0 Å². The van der Waals surface area contributed by atoms with Crippen molar-refractivity contribution in [2.75, 3.05) is 6.61 Å². The molecule has 0 aliphatic heterocycles. The van der Waals surface area contributed by atoms with Crippen molar-refractivity contribution in [1.29, 1.82) is 5.26 Å². The summed E-state index contributed by atoms with van der Waals surface area (Å²) in [5.41, 5.74) is 1.11. The molecule has 0 heterocycles. The summed E-state index contributed by atoms with van der Waals surface area (Å²) in [5, 5.41) is 21.2. The number of rotatable bonds is 3. The Bertz CT molecular complexity index is 490. The molecule has 0 saturated heterocycles. The fourth-order valence-corrected chi connectivity index (χ4v) is 2.74. The lowest BCUT2D eigenvalue weighted by molar-refractivity contribution is 0.0899. The molecular weight excluding hydrogens is 252 g/mol. The molecule has 20 heavy (non-hydrogen) atoms. The van der Waals surface area contributed by atoms with Gasteiger partial charge in [0.2, 0.25) is 0 Å². The number of hydrogen-bond donors (Lipinski definition) is 2. The molecule has 0 bridgehead atoms. The van der Waals surface area contributed by atoms with E-state index in [1.54, 1.807) is 24.3 Å². The number of carbonyl (C=O) groups is 1. The zero-order valence-electron chi connectivity index (χ0n) is 11.5. The maximum atomic E-state index is 12.2. The molecule has 1 aromatic carbocycles. The molecule has 2 atom stereocenters. The molecule has 1 amide bonds. The van der Waals surface area contributed by atoms with Crippen LogP contribution >= 0.6 is 0 Å². The maximum Gasteiger partial charge on any atom is 0.251 e. The highest BCUT2D eigenvalue weighted by Crippen LogP contribution is 2.23. The minimum absolute atomic E-state index is 0.0469. The molecule has 0 spiro atoms. The zero-order valence-corrected chi connectivity index (χ0v) is 11.5. The van der Waals surface area contributed by atoms with E-state index >= 15 is 0 Å². The average molecular weight is 272 g/mol. The first-order valence-electron chi connectivity index (χ1n) is 7.16. The van der Waals surface area contributed by atoms with Crippen LogP contribution < -0.4 is 5.32 Å². The van der Waals surface area contributed by atoms with Crippen LogP contribution in [0.3, 0.4) is 0 Å². The minimum atomic E-state index is -0.125. The second-order valence-corrected chi connectivity index (χ2v) is 5.35. The minimum Gasteiger partial charge on any atom is -0.396 e. The number of aliphatic hydroxyl groups is 1. The highest BCUT2D eigenvalue weighted by atomic mass is 16.3. The number of benzene rings is 1. The number of nitriles is 1. The van der Waals surface area contributed by atoms with Gasteiger partial charge in [-0.2, -0.15) is 5.26 Å². The van der Waals surface area contributed by atoms with Crippen LogP contribution in [0.2, 0.25) is 0 Å². The summed E-state index contributed by atoms with van der Waals surface area (Å²) in [6.45, 7) is 0.123. The number of carbonyl (C=O) groups excluding carboxylic acids is 1. The Morgan fingerprint density at radius 1 is 1.25 bits per heavy atom. The van der Waals surface area contributed by atoms with E-state index in [0.717, 1.165) is 25.7 Å². The quantitative estimate of drug-likeness (QED) is 0.829. The summed E-state index contributed by atoms with van der Waals surface area (Å²) in [6.07, 6.45) is 5.27. The van der Waals surface area contributed by atoms with Crippen LogP contribution in [0.15, 0.2) is 24.3 Å². The summed E-state index contributed by atoms with van der Waals surface area (Å²) in [6, 6.07) is 8.70. The van der Waals surface area contributed by atoms with Crippen molar-refractivity contribution in [3.05, 3.63) is 35.4 Å². The number of nitrogens with zero attached hydrogens (tertiary/aromatic N) is 1. The van der Waals surface area contributed by atoms with Crippen molar-refractivity contribution in [3.63, 3.8) is 0 Å². The van der Waals surface area contributed by atoms with Gasteiger partial charge in [0, 0.05) is 24.1 Å². The topological polar surface area (TPSA) is 73.1 Å². The average Bonchev–Trinajstić information content (AvgIpc) is 2.72. The van der Waals surface area contributed by atoms with E-state index in [-0.39, 0.29) is 24.5 Å². The first-order valence-corrected chi connectivity index (χ1v) is 7.16. The third kappa shape index (κ3) is 3.58. The third-order valence-corrected chi connectivity index (χ3v) is 3.99. The lowest BCUT2D eigenvalue weighted by atomic mass is 9.95. The molecule has 1 saturated carbocycles. The first-order chi connectivity index (χ1) is 9.74. The largest absolute Gasteiger partial charge is 0.396 e. The second-order valence-electron chi connectivity index (χ2n) is 5.35. The summed E-state index contributed by atoms with van der Waals surface area (Å²) in [4.78, 5) is 12.2. The number of amides is 1. The van der Waals surface area contributed by atoms with Crippen LogP contribution in [0.5, 0.6) is 0 Å². The summed E-state index contributed by atoms with van der Waals surface area (Å²) in [5.74, 6) is 0.0275. The molecule has 0 aromatic heterocycles. The first kappa shape index (κ1) is 14.5. The van der Waals surface area contributed by atoms with Crippen molar-refractivity contribution in [2.45, 2.75) is 38.1 Å². The maximum absolute atomic E-state index is 12.2. The predicted octanol–water partition coefficient (Wildman–Crippen LogP) is 2.23. The van der Waals surface area contributed by atoms with Gasteiger partial charge in [0.25, 0.3) is 5.91 Å². The SMILES string of the molecule is N#Cc1ccc(C(=O)NC2CCCCCC2CO)cc1. The van der Waals surface area contributed by atoms with Gasteiger partial charge < -0.3 is 10.4 Å². The van der Waals surface area contributed by atoms with Crippen molar-refractivity contribution >= 4 is 5.91 Å². The smallest absolute Gasteiger partial charge is 0.251 e. The van der Waals surface area contributed by atoms with E-state index in [9.17, 15) is 9.90 Å². The Labute approximate surface area is 119 Å². The molecule has 4 heteroatoms. The van der Waals surface area contributed by atoms with Gasteiger partial charge in [0.05, 0.1) is 11.6 Å². The molecule has 4 nitrogen and oxygen atoms in total. The van der Waals surface area contributed by atoms with E-state index in [1.165, 1.54) is 6.42 Å². The lowest BCUT2D eigenvalue weighted by Crippen LogP contribution is -2.41. The lowest BCUT2D eigenvalue weighted by Gasteiger charge is -2.24. The highest BCUT2D eigenvalue weighted by molar-refractivity contribution is 5.94. The molecule has 1 fully saturated rings. The second kappa shape index (κ2) is 7.06. The van der Waals surface area contributed by atoms with E-state index < -0.39 is 0 Å². The number of aliphatic hydroxyl groups excluding tert-OH is 1. The van der Waals surface area contributed by atoms with Crippen LogP contribution in [0, 0.1) is 17.2 Å². The molecule has 1 aliphatic carbocycles. The van der Waals surface area contributed by atoms with Crippen LogP contribution in [-0.4, -0.2) is 23.7 Å². The van der Waals surface area contributed by atoms with E-state index in [1.807, 2.05) is 6.07 Å². The van der Waals surface area contributed by atoms with Crippen LogP contribution in [0.25, 0.3) is 0 Å². The van der Waals surface area contributed by atoms with Gasteiger partial charge in [-0.3, -0.25) is 4.79 Å². The summed E-state index contributed by atoms with van der Waals surface area (Å²) < 4.78 is 0. The van der Waals surface area contributed by atoms with Gasteiger partial charge in [0.1, 0.15) is 0 Å². The highest BCUT2D eigenvalue weighted by Gasteiger charge is 2.24. The summed E-state index contributed by atoms with van der Waals surface area (Å²) in [7, 11) is 0. The third-order valence-electron chi connectivity index (χ3n) is 3.99. The van der Waals surface area contributed by atoms with Crippen molar-refractivity contribution in [2.24, 2.45) is 5.92 Å². The monoisotopic (exact) mass is 272 g/mol. The zero-order chi connectivity index (χ0) is 14.4. The van der Waals surface area contributed by atoms with E-state index in [4.69, 9.17) is 5.26 Å². The Hall–Kier alpha value is -1.86. The fourth-order valence-electron chi connectivity index (χ4n) is 2.74. The predicted molar refractivity (Wildman–Crippen MR) is 76.1 cm³/mol. The van der Waals surface area contributed by atoms with E-state index in [0.29, 0.717) is 11.1 Å².